The molecule has 4 rings (SSSR count). The van der Waals surface area contributed by atoms with Gasteiger partial charge in [0.05, 0.1) is 12.7 Å². The van der Waals surface area contributed by atoms with E-state index in [0.717, 1.165) is 29.5 Å². The van der Waals surface area contributed by atoms with E-state index in [-0.39, 0.29) is 35.5 Å². The Morgan fingerprint density at radius 1 is 1.02 bits per heavy atom. The smallest absolute Gasteiger partial charge is 0.343 e. The Kier molecular flexibility index (Phi) is 9.59. The van der Waals surface area contributed by atoms with Crippen molar-refractivity contribution in [2.75, 3.05) is 7.11 Å². The van der Waals surface area contributed by atoms with E-state index in [9.17, 15) is 9.59 Å². The molecule has 1 aliphatic rings. The van der Waals surface area contributed by atoms with Gasteiger partial charge in [0.15, 0.2) is 11.6 Å². The minimum Gasteiger partial charge on any atom is -0.481 e. The Balaban J connectivity index is 1.69. The second-order valence-electron chi connectivity index (χ2n) is 11.7. The van der Waals surface area contributed by atoms with E-state index in [1.165, 1.54) is 13.2 Å². The molecule has 3 aromatic rings. The van der Waals surface area contributed by atoms with Gasteiger partial charge in [-0.3, -0.25) is 9.69 Å². The van der Waals surface area contributed by atoms with Crippen LogP contribution >= 0.6 is 0 Å². The second-order valence-corrected chi connectivity index (χ2v) is 11.7. The van der Waals surface area contributed by atoms with Crippen molar-refractivity contribution >= 4 is 11.8 Å². The van der Waals surface area contributed by atoms with E-state index in [4.69, 9.17) is 9.47 Å². The Labute approximate surface area is 242 Å². The number of esters is 1. The number of carbonyl (C=O) groups is 2. The summed E-state index contributed by atoms with van der Waals surface area (Å²) in [5.74, 6) is -0.481. The van der Waals surface area contributed by atoms with Crippen LogP contribution in [-0.2, 0) is 11.3 Å². The highest BCUT2D eigenvalue weighted by Crippen LogP contribution is 2.47. The fourth-order valence-electron chi connectivity index (χ4n) is 5.63. The number of methoxy groups -OCH3 is 1. The van der Waals surface area contributed by atoms with Gasteiger partial charge in [0, 0.05) is 36.8 Å². The summed E-state index contributed by atoms with van der Waals surface area (Å²) in [5, 5.41) is 0. The van der Waals surface area contributed by atoms with E-state index < -0.39 is 11.8 Å². The first-order valence-electron chi connectivity index (χ1n) is 14.4. The Bertz CT molecular complexity index is 1390. The van der Waals surface area contributed by atoms with Crippen LogP contribution in [-0.4, -0.2) is 40.8 Å². The molecular weight excluding hydrogens is 519 g/mol. The molecule has 1 aromatic heterocycles. The first kappa shape index (κ1) is 30.4. The zero-order valence-electron chi connectivity index (χ0n) is 25.1. The summed E-state index contributed by atoms with van der Waals surface area (Å²) in [6.07, 6.45) is 3.77. The van der Waals surface area contributed by atoms with Gasteiger partial charge in [-0.2, -0.15) is 0 Å². The average molecular weight is 561 g/mol. The predicted octanol–water partition coefficient (Wildman–Crippen LogP) is 7.45. The fourth-order valence-corrected chi connectivity index (χ4v) is 5.63. The molecule has 0 unspecified atom stereocenters. The number of ketones is 1. The van der Waals surface area contributed by atoms with Crippen molar-refractivity contribution in [3.05, 3.63) is 77.2 Å². The summed E-state index contributed by atoms with van der Waals surface area (Å²) < 4.78 is 26.6. The highest BCUT2D eigenvalue weighted by Gasteiger charge is 2.37. The maximum Gasteiger partial charge on any atom is 0.343 e. The summed E-state index contributed by atoms with van der Waals surface area (Å²) in [6, 6.07) is 14.3. The number of aromatic nitrogens is 1. The number of benzene rings is 2. The first-order chi connectivity index (χ1) is 19.5. The summed E-state index contributed by atoms with van der Waals surface area (Å²) in [6.45, 7) is 12.6. The van der Waals surface area contributed by atoms with Crippen LogP contribution in [0.3, 0.4) is 0 Å². The number of nitrogens with zero attached hydrogens (tertiary/aromatic N) is 2. The van der Waals surface area contributed by atoms with Crippen molar-refractivity contribution in [3.8, 4) is 22.8 Å². The van der Waals surface area contributed by atoms with Crippen LogP contribution < -0.4 is 9.47 Å². The molecule has 218 valence electrons. The number of carbonyl (C=O) groups excluding carboxylic acids is 2. The summed E-state index contributed by atoms with van der Waals surface area (Å²) in [5.41, 5.74) is 3.54. The lowest BCUT2D eigenvalue weighted by molar-refractivity contribution is -0.121. The van der Waals surface area contributed by atoms with Gasteiger partial charge in [0.2, 0.25) is 5.88 Å². The number of rotatable bonds is 12. The van der Waals surface area contributed by atoms with Crippen LogP contribution in [0.25, 0.3) is 11.1 Å². The van der Waals surface area contributed by atoms with Crippen molar-refractivity contribution in [1.82, 2.24) is 9.88 Å². The fraction of sp³-hybridized carbons (Fsp3) is 0.441. The molecule has 0 saturated heterocycles. The number of pyridine rings is 1. The molecule has 0 amide bonds. The number of ether oxygens (including phenoxy) is 2. The highest BCUT2D eigenvalue weighted by atomic mass is 19.1. The van der Waals surface area contributed by atoms with Crippen LogP contribution in [0, 0.1) is 17.7 Å². The van der Waals surface area contributed by atoms with Crippen LogP contribution in [0.4, 0.5) is 4.39 Å². The van der Waals surface area contributed by atoms with Gasteiger partial charge < -0.3 is 9.47 Å². The Morgan fingerprint density at radius 3 is 2.34 bits per heavy atom. The molecule has 0 N–H and O–H groups in total. The largest absolute Gasteiger partial charge is 0.481 e. The normalized spacial score (nSPS) is 14.8. The summed E-state index contributed by atoms with van der Waals surface area (Å²) >= 11 is 0. The summed E-state index contributed by atoms with van der Waals surface area (Å²) in [7, 11) is 1.54. The SMILES string of the molecule is COc1cc(-c2cc(F)c(OC(=O)c3cccc([C@H](C4CC4)[C@H](C)C(C)=O)c3)cc2CN(C(C)C)C(C)C)ccn1. The Hall–Kier alpha value is -3.58. The van der Waals surface area contributed by atoms with Gasteiger partial charge in [-0.05, 0) is 112 Å². The van der Waals surface area contributed by atoms with Crippen molar-refractivity contribution in [3.63, 3.8) is 0 Å². The number of halogens is 1. The molecule has 41 heavy (non-hydrogen) atoms. The third-order valence-corrected chi connectivity index (χ3v) is 8.11. The molecule has 0 radical (unpaired) electrons. The van der Waals surface area contributed by atoms with Gasteiger partial charge in [-0.25, -0.2) is 14.2 Å². The van der Waals surface area contributed by atoms with E-state index >= 15 is 4.39 Å². The third kappa shape index (κ3) is 7.20. The molecule has 2 atom stereocenters. The van der Waals surface area contributed by atoms with Crippen molar-refractivity contribution in [2.24, 2.45) is 11.8 Å². The van der Waals surface area contributed by atoms with E-state index in [0.29, 0.717) is 29.5 Å². The Morgan fingerprint density at radius 2 is 1.73 bits per heavy atom. The van der Waals surface area contributed by atoms with Crippen LogP contribution in [0.2, 0.25) is 0 Å². The molecule has 7 heteroatoms. The van der Waals surface area contributed by atoms with Crippen LogP contribution in [0.1, 0.15) is 81.8 Å². The van der Waals surface area contributed by atoms with Gasteiger partial charge in [-0.15, -0.1) is 0 Å². The second kappa shape index (κ2) is 12.9. The maximum absolute atomic E-state index is 15.6. The molecule has 2 aromatic carbocycles. The van der Waals surface area contributed by atoms with Crippen molar-refractivity contribution < 1.29 is 23.5 Å². The lowest BCUT2D eigenvalue weighted by Crippen LogP contribution is -2.36. The van der Waals surface area contributed by atoms with Gasteiger partial charge in [-0.1, -0.05) is 19.1 Å². The minimum absolute atomic E-state index is 0.0540. The molecule has 1 fully saturated rings. The monoisotopic (exact) mass is 560 g/mol. The molecular formula is C34H41FN2O4. The molecule has 1 saturated carbocycles. The summed E-state index contributed by atoms with van der Waals surface area (Å²) in [4.78, 5) is 32.0. The number of Topliss-reactive ketones (excluding diaryl/α,β-unsaturated/α-hetero) is 1. The van der Waals surface area contributed by atoms with E-state index in [2.05, 4.69) is 37.6 Å². The molecule has 0 bridgehead atoms. The first-order valence-corrected chi connectivity index (χ1v) is 14.4. The molecule has 0 aliphatic heterocycles. The topological polar surface area (TPSA) is 68.7 Å². The highest BCUT2D eigenvalue weighted by molar-refractivity contribution is 5.91. The van der Waals surface area contributed by atoms with E-state index in [1.54, 1.807) is 43.5 Å². The van der Waals surface area contributed by atoms with Gasteiger partial charge in [0.1, 0.15) is 5.78 Å². The van der Waals surface area contributed by atoms with Gasteiger partial charge in [0.25, 0.3) is 0 Å². The lowest BCUT2D eigenvalue weighted by atomic mass is 9.81. The maximum atomic E-state index is 15.6. The molecule has 6 nitrogen and oxygen atoms in total. The predicted molar refractivity (Wildman–Crippen MR) is 159 cm³/mol. The number of hydrogen-bond acceptors (Lipinski definition) is 6. The van der Waals surface area contributed by atoms with Crippen molar-refractivity contribution in [2.45, 2.75) is 78.9 Å². The van der Waals surface area contributed by atoms with Crippen LogP contribution in [0.5, 0.6) is 11.6 Å². The minimum atomic E-state index is -0.635. The quantitative estimate of drug-likeness (QED) is 0.169. The van der Waals surface area contributed by atoms with Gasteiger partial charge >= 0.3 is 5.97 Å². The molecule has 1 aliphatic carbocycles. The average Bonchev–Trinajstić information content (AvgIpc) is 3.78. The lowest BCUT2D eigenvalue weighted by Gasteiger charge is -2.31. The molecule has 0 spiro atoms. The number of hydrogen-bond donors (Lipinski definition) is 0. The standard InChI is InChI=1S/C34H41FN2O4/c1-20(2)37(21(3)4)19-28-16-31(30(35)18-29(28)25-13-14-36-32(17-25)40-7)41-34(39)27-10-8-9-26(15-27)33(24-11-12-24)22(5)23(6)38/h8-10,13-18,20-22,24,33H,11-12,19H2,1-7H3/t22-,33+/m1/s1. The third-order valence-electron chi connectivity index (χ3n) is 8.11. The zero-order chi connectivity index (χ0) is 29.8. The molecule has 1 heterocycles. The zero-order valence-corrected chi connectivity index (χ0v) is 25.1. The van der Waals surface area contributed by atoms with Crippen LogP contribution in [0.15, 0.2) is 54.7 Å². The van der Waals surface area contributed by atoms with Crippen molar-refractivity contribution in [1.29, 1.82) is 0 Å². The van der Waals surface area contributed by atoms with E-state index in [1.807, 2.05) is 19.1 Å².